The Morgan fingerprint density at radius 1 is 1.42 bits per heavy atom. The lowest BCUT2D eigenvalue weighted by atomic mass is 10.0. The van der Waals surface area contributed by atoms with Gasteiger partial charge in [-0.15, -0.1) is 0 Å². The molecule has 0 amide bonds. The molecule has 0 spiro atoms. The number of likely N-dealkylation sites (N-methyl/N-ethyl adjacent to an activating group) is 1. The maximum absolute atomic E-state index is 13.2. The van der Waals surface area contributed by atoms with Crippen molar-refractivity contribution in [2.24, 2.45) is 5.73 Å². The highest BCUT2D eigenvalue weighted by atomic mass is 35.5. The van der Waals surface area contributed by atoms with Gasteiger partial charge in [-0.3, -0.25) is 4.90 Å². The number of nitrogens with two attached hydrogens (primary N) is 1. The number of nitrogens with zero attached hydrogens (tertiary/aromatic N) is 1. The largest absolute Gasteiger partial charge is 0.329 e. The molecule has 2 nitrogen and oxygen atoms in total. The highest BCUT2D eigenvalue weighted by molar-refractivity contribution is 6.31. The standard InChI is InChI=1S/C15H22ClFN2/c1-2-19(12-5-3-4-6-12)15(10-18)13-8-7-11(17)9-14(13)16/h7-9,12,15H,2-6,10,18H2,1H3. The van der Waals surface area contributed by atoms with Crippen LogP contribution < -0.4 is 5.73 Å². The Kier molecular flexibility index (Phi) is 5.20. The van der Waals surface area contributed by atoms with E-state index in [4.69, 9.17) is 17.3 Å². The minimum absolute atomic E-state index is 0.0844. The molecule has 2 N–H and O–H groups in total. The molecule has 106 valence electrons. The second-order valence-corrected chi connectivity index (χ2v) is 5.59. The van der Waals surface area contributed by atoms with E-state index < -0.39 is 0 Å². The van der Waals surface area contributed by atoms with Gasteiger partial charge in [-0.1, -0.05) is 37.4 Å². The summed E-state index contributed by atoms with van der Waals surface area (Å²) in [4.78, 5) is 2.42. The van der Waals surface area contributed by atoms with Gasteiger partial charge in [-0.2, -0.15) is 0 Å². The quantitative estimate of drug-likeness (QED) is 0.892. The minimum atomic E-state index is -0.298. The van der Waals surface area contributed by atoms with Crippen molar-refractivity contribution < 1.29 is 4.39 Å². The van der Waals surface area contributed by atoms with Gasteiger partial charge in [-0.25, -0.2) is 4.39 Å². The summed E-state index contributed by atoms with van der Waals surface area (Å²) >= 11 is 6.19. The summed E-state index contributed by atoms with van der Waals surface area (Å²) in [6.45, 7) is 3.61. The SMILES string of the molecule is CCN(C1CCCC1)C(CN)c1ccc(F)cc1Cl. The number of hydrogen-bond donors (Lipinski definition) is 1. The van der Waals surface area contributed by atoms with E-state index >= 15 is 0 Å². The molecule has 1 aromatic rings. The fourth-order valence-electron chi connectivity index (χ4n) is 3.18. The van der Waals surface area contributed by atoms with E-state index in [0.717, 1.165) is 12.1 Å². The molecule has 4 heteroatoms. The lowest BCUT2D eigenvalue weighted by Gasteiger charge is -2.35. The summed E-state index contributed by atoms with van der Waals surface area (Å²) in [7, 11) is 0. The molecule has 0 aromatic heterocycles. The van der Waals surface area contributed by atoms with Gasteiger partial charge in [0, 0.05) is 23.7 Å². The van der Waals surface area contributed by atoms with E-state index in [9.17, 15) is 4.39 Å². The van der Waals surface area contributed by atoms with Crippen molar-refractivity contribution in [3.63, 3.8) is 0 Å². The van der Waals surface area contributed by atoms with Crippen LogP contribution in [0, 0.1) is 5.82 Å². The van der Waals surface area contributed by atoms with Gasteiger partial charge in [0.15, 0.2) is 0 Å². The molecule has 1 aromatic carbocycles. The third-order valence-electron chi connectivity index (χ3n) is 4.10. The van der Waals surface area contributed by atoms with Crippen LogP contribution in [0.3, 0.4) is 0 Å². The predicted molar refractivity (Wildman–Crippen MR) is 77.8 cm³/mol. The molecule has 2 rings (SSSR count). The van der Waals surface area contributed by atoms with E-state index in [1.807, 2.05) is 0 Å². The first kappa shape index (κ1) is 14.8. The highest BCUT2D eigenvalue weighted by Gasteiger charge is 2.28. The molecule has 1 aliphatic rings. The Hall–Kier alpha value is -0.640. The Balaban J connectivity index is 2.26. The monoisotopic (exact) mass is 284 g/mol. The molecular formula is C15H22ClFN2. The summed E-state index contributed by atoms with van der Waals surface area (Å²) < 4.78 is 13.2. The van der Waals surface area contributed by atoms with E-state index in [2.05, 4.69) is 11.8 Å². The smallest absolute Gasteiger partial charge is 0.124 e. The van der Waals surface area contributed by atoms with E-state index in [1.165, 1.54) is 37.8 Å². The first-order valence-electron chi connectivity index (χ1n) is 7.08. The van der Waals surface area contributed by atoms with Crippen LogP contribution in [0.2, 0.25) is 5.02 Å². The zero-order valence-electron chi connectivity index (χ0n) is 11.4. The Labute approximate surface area is 119 Å². The number of halogens is 2. The van der Waals surface area contributed by atoms with Crippen molar-refractivity contribution in [1.29, 1.82) is 0 Å². The summed E-state index contributed by atoms with van der Waals surface area (Å²) in [5, 5.41) is 0.479. The van der Waals surface area contributed by atoms with Crippen LogP contribution in [0.5, 0.6) is 0 Å². The summed E-state index contributed by atoms with van der Waals surface area (Å²) in [6, 6.07) is 5.28. The van der Waals surface area contributed by atoms with Crippen molar-refractivity contribution in [2.45, 2.75) is 44.7 Å². The number of hydrogen-bond acceptors (Lipinski definition) is 2. The topological polar surface area (TPSA) is 29.3 Å². The van der Waals surface area contributed by atoms with Crippen molar-refractivity contribution in [2.75, 3.05) is 13.1 Å². The first-order chi connectivity index (χ1) is 9.17. The maximum Gasteiger partial charge on any atom is 0.124 e. The second kappa shape index (κ2) is 6.69. The predicted octanol–water partition coefficient (Wildman–Crippen LogP) is 3.74. The lowest BCUT2D eigenvalue weighted by Crippen LogP contribution is -2.40. The molecule has 1 aliphatic carbocycles. The van der Waals surface area contributed by atoms with Crippen LogP contribution in [-0.2, 0) is 0 Å². The van der Waals surface area contributed by atoms with Crippen LogP contribution in [0.1, 0.15) is 44.2 Å². The fourth-order valence-corrected chi connectivity index (χ4v) is 3.47. The highest BCUT2D eigenvalue weighted by Crippen LogP contribution is 2.33. The van der Waals surface area contributed by atoms with Crippen LogP contribution in [0.25, 0.3) is 0 Å². The van der Waals surface area contributed by atoms with Gasteiger partial charge in [0.05, 0.1) is 0 Å². The van der Waals surface area contributed by atoms with Gasteiger partial charge in [0.2, 0.25) is 0 Å². The van der Waals surface area contributed by atoms with Gasteiger partial charge in [0.25, 0.3) is 0 Å². The van der Waals surface area contributed by atoms with Crippen molar-refractivity contribution in [3.05, 3.63) is 34.6 Å². The Bertz CT molecular complexity index is 419. The van der Waals surface area contributed by atoms with Crippen LogP contribution in [0.15, 0.2) is 18.2 Å². The minimum Gasteiger partial charge on any atom is -0.329 e. The van der Waals surface area contributed by atoms with Crippen LogP contribution >= 0.6 is 11.6 Å². The third kappa shape index (κ3) is 3.28. The summed E-state index contributed by atoms with van der Waals surface area (Å²) in [5.41, 5.74) is 6.91. The van der Waals surface area contributed by atoms with Crippen LogP contribution in [-0.4, -0.2) is 24.0 Å². The van der Waals surface area contributed by atoms with E-state index in [-0.39, 0.29) is 11.9 Å². The Morgan fingerprint density at radius 2 is 2.11 bits per heavy atom. The molecule has 0 saturated heterocycles. The average Bonchev–Trinajstić information content (AvgIpc) is 2.90. The molecule has 0 bridgehead atoms. The maximum atomic E-state index is 13.2. The average molecular weight is 285 g/mol. The second-order valence-electron chi connectivity index (χ2n) is 5.19. The van der Waals surface area contributed by atoms with Gasteiger partial charge < -0.3 is 5.73 Å². The fraction of sp³-hybridized carbons (Fsp3) is 0.600. The number of rotatable bonds is 5. The molecule has 0 radical (unpaired) electrons. The Morgan fingerprint density at radius 3 is 2.63 bits per heavy atom. The zero-order valence-corrected chi connectivity index (χ0v) is 12.2. The van der Waals surface area contributed by atoms with Gasteiger partial charge in [-0.05, 0) is 37.1 Å². The van der Waals surface area contributed by atoms with Gasteiger partial charge >= 0.3 is 0 Å². The first-order valence-corrected chi connectivity index (χ1v) is 7.46. The van der Waals surface area contributed by atoms with E-state index in [0.29, 0.717) is 17.6 Å². The molecule has 1 unspecified atom stereocenters. The summed E-state index contributed by atoms with van der Waals surface area (Å²) in [6.07, 6.45) is 5.03. The molecule has 19 heavy (non-hydrogen) atoms. The molecule has 0 aliphatic heterocycles. The van der Waals surface area contributed by atoms with Crippen LogP contribution in [0.4, 0.5) is 4.39 Å². The molecular weight excluding hydrogens is 263 g/mol. The van der Waals surface area contributed by atoms with Crippen molar-refractivity contribution in [3.8, 4) is 0 Å². The normalized spacial score (nSPS) is 18.2. The molecule has 1 saturated carbocycles. The molecule has 1 atom stereocenters. The summed E-state index contributed by atoms with van der Waals surface area (Å²) in [5.74, 6) is -0.298. The van der Waals surface area contributed by atoms with Crippen molar-refractivity contribution >= 4 is 11.6 Å². The zero-order chi connectivity index (χ0) is 13.8. The van der Waals surface area contributed by atoms with Gasteiger partial charge in [0.1, 0.15) is 5.82 Å². The van der Waals surface area contributed by atoms with E-state index in [1.54, 1.807) is 6.07 Å². The molecule has 1 fully saturated rings. The number of benzene rings is 1. The third-order valence-corrected chi connectivity index (χ3v) is 4.43. The van der Waals surface area contributed by atoms with Crippen molar-refractivity contribution in [1.82, 2.24) is 4.90 Å². The lowest BCUT2D eigenvalue weighted by molar-refractivity contribution is 0.147. The molecule has 0 heterocycles.